The van der Waals surface area contributed by atoms with Gasteiger partial charge >= 0.3 is 0 Å². The molecule has 0 saturated carbocycles. The summed E-state index contributed by atoms with van der Waals surface area (Å²) in [5.41, 5.74) is -0.288. The highest BCUT2D eigenvalue weighted by Gasteiger charge is 2.16. The molecule has 1 N–H and O–H groups in total. The predicted octanol–water partition coefficient (Wildman–Crippen LogP) is 1.73. The Labute approximate surface area is 73.5 Å². The first-order chi connectivity index (χ1) is 5.61. The molecule has 0 bridgehead atoms. The summed E-state index contributed by atoms with van der Waals surface area (Å²) in [7, 11) is 0. The summed E-state index contributed by atoms with van der Waals surface area (Å²) in [6, 6.07) is 0. The summed E-state index contributed by atoms with van der Waals surface area (Å²) in [6.07, 6.45) is 4.70. The van der Waals surface area contributed by atoms with Gasteiger partial charge in [-0.1, -0.05) is 13.8 Å². The zero-order valence-corrected chi connectivity index (χ0v) is 8.07. The van der Waals surface area contributed by atoms with E-state index in [-0.39, 0.29) is 0 Å². The monoisotopic (exact) mass is 168 g/mol. The molecule has 0 aromatic carbocycles. The van der Waals surface area contributed by atoms with Crippen LogP contribution in [-0.4, -0.2) is 15.1 Å². The molecule has 3 nitrogen and oxygen atoms in total. The van der Waals surface area contributed by atoms with Gasteiger partial charge in [-0.3, -0.25) is 9.97 Å². The molecular formula is C9H16N2O. The van der Waals surface area contributed by atoms with Crippen molar-refractivity contribution in [3.8, 4) is 0 Å². The maximum Gasteiger partial charge on any atom is 0.102 e. The molecule has 1 heterocycles. The van der Waals surface area contributed by atoms with Crippen molar-refractivity contribution in [2.24, 2.45) is 0 Å². The molecule has 0 aliphatic carbocycles. The summed E-state index contributed by atoms with van der Waals surface area (Å²) in [5.74, 6) is 0. The van der Waals surface area contributed by atoms with Crippen LogP contribution in [0.1, 0.15) is 33.4 Å². The minimum atomic E-state index is -0.881. The second-order valence-corrected chi connectivity index (χ2v) is 2.65. The van der Waals surface area contributed by atoms with Crippen LogP contribution in [0.15, 0.2) is 18.6 Å². The molecule has 0 saturated heterocycles. The Hall–Kier alpha value is -0.960. The van der Waals surface area contributed by atoms with Gasteiger partial charge in [0.25, 0.3) is 0 Å². The van der Waals surface area contributed by atoms with Crippen LogP contribution in [0.2, 0.25) is 0 Å². The van der Waals surface area contributed by atoms with Crippen LogP contribution in [0.3, 0.4) is 0 Å². The largest absolute Gasteiger partial charge is 0.384 e. The highest BCUT2D eigenvalue weighted by atomic mass is 16.3. The smallest absolute Gasteiger partial charge is 0.102 e. The summed E-state index contributed by atoms with van der Waals surface area (Å²) < 4.78 is 0. The van der Waals surface area contributed by atoms with Gasteiger partial charge in [0.15, 0.2) is 0 Å². The number of nitrogens with zero attached hydrogens (tertiary/aromatic N) is 2. The van der Waals surface area contributed by atoms with Crippen molar-refractivity contribution < 1.29 is 5.11 Å². The number of hydrogen-bond acceptors (Lipinski definition) is 3. The average molecular weight is 168 g/mol. The van der Waals surface area contributed by atoms with Crippen LogP contribution in [0.25, 0.3) is 0 Å². The lowest BCUT2D eigenvalue weighted by atomic mass is 10.1. The van der Waals surface area contributed by atoms with E-state index >= 15 is 0 Å². The zero-order chi connectivity index (χ0) is 9.61. The molecule has 68 valence electrons. The van der Waals surface area contributed by atoms with E-state index in [2.05, 4.69) is 9.97 Å². The SMILES string of the molecule is CC.CC(C)(O)c1cnccn1. The van der Waals surface area contributed by atoms with E-state index in [9.17, 15) is 5.11 Å². The van der Waals surface area contributed by atoms with Gasteiger partial charge in [-0.2, -0.15) is 0 Å². The number of aliphatic hydroxyl groups is 1. The zero-order valence-electron chi connectivity index (χ0n) is 8.07. The van der Waals surface area contributed by atoms with Crippen molar-refractivity contribution in [1.29, 1.82) is 0 Å². The molecule has 1 rings (SSSR count). The Kier molecular flexibility index (Phi) is 4.44. The Morgan fingerprint density at radius 2 is 1.83 bits per heavy atom. The van der Waals surface area contributed by atoms with Gasteiger partial charge in [0.1, 0.15) is 5.60 Å². The normalized spacial score (nSPS) is 10.1. The van der Waals surface area contributed by atoms with E-state index in [1.54, 1.807) is 32.4 Å². The lowest BCUT2D eigenvalue weighted by molar-refractivity contribution is 0.0734. The fourth-order valence-corrected chi connectivity index (χ4v) is 0.615. The minimum Gasteiger partial charge on any atom is -0.384 e. The standard InChI is InChI=1S/C7H10N2O.C2H6/c1-7(2,10)6-5-8-3-4-9-6;1-2/h3-5,10H,1-2H3;1-2H3. The fourth-order valence-electron chi connectivity index (χ4n) is 0.615. The lowest BCUT2D eigenvalue weighted by Gasteiger charge is -2.14. The van der Waals surface area contributed by atoms with Crippen LogP contribution in [0.5, 0.6) is 0 Å². The van der Waals surface area contributed by atoms with Crippen molar-refractivity contribution in [2.75, 3.05) is 0 Å². The van der Waals surface area contributed by atoms with Crippen LogP contribution in [-0.2, 0) is 5.60 Å². The van der Waals surface area contributed by atoms with Gasteiger partial charge in [-0.15, -0.1) is 0 Å². The fraction of sp³-hybridized carbons (Fsp3) is 0.556. The van der Waals surface area contributed by atoms with Gasteiger partial charge < -0.3 is 5.11 Å². The Morgan fingerprint density at radius 1 is 1.25 bits per heavy atom. The van der Waals surface area contributed by atoms with Gasteiger partial charge in [-0.25, -0.2) is 0 Å². The van der Waals surface area contributed by atoms with Crippen molar-refractivity contribution in [2.45, 2.75) is 33.3 Å². The first-order valence-electron chi connectivity index (χ1n) is 4.09. The average Bonchev–Trinajstić information content (AvgIpc) is 2.08. The summed E-state index contributed by atoms with van der Waals surface area (Å²) in [4.78, 5) is 7.77. The van der Waals surface area contributed by atoms with E-state index < -0.39 is 5.60 Å². The maximum absolute atomic E-state index is 9.39. The van der Waals surface area contributed by atoms with Crippen LogP contribution >= 0.6 is 0 Å². The topological polar surface area (TPSA) is 46.0 Å². The van der Waals surface area contributed by atoms with Crippen LogP contribution in [0.4, 0.5) is 0 Å². The van der Waals surface area contributed by atoms with Crippen LogP contribution in [0, 0.1) is 0 Å². The number of hydrogen-bond donors (Lipinski definition) is 1. The van der Waals surface area contributed by atoms with E-state index in [0.29, 0.717) is 5.69 Å². The van der Waals surface area contributed by atoms with Crippen molar-refractivity contribution in [1.82, 2.24) is 9.97 Å². The molecule has 3 heteroatoms. The van der Waals surface area contributed by atoms with E-state index in [1.165, 1.54) is 0 Å². The summed E-state index contributed by atoms with van der Waals surface area (Å²) in [6.45, 7) is 7.36. The second kappa shape index (κ2) is 4.83. The molecule has 1 aromatic rings. The highest BCUT2D eigenvalue weighted by molar-refractivity contribution is 5.03. The molecule has 1 aromatic heterocycles. The Morgan fingerprint density at radius 3 is 2.08 bits per heavy atom. The molecular weight excluding hydrogens is 152 g/mol. The van der Waals surface area contributed by atoms with Gasteiger partial charge in [-0.05, 0) is 13.8 Å². The van der Waals surface area contributed by atoms with Crippen molar-refractivity contribution >= 4 is 0 Å². The van der Waals surface area contributed by atoms with E-state index in [1.807, 2.05) is 13.8 Å². The first-order valence-corrected chi connectivity index (χ1v) is 4.09. The number of aromatic nitrogens is 2. The highest BCUT2D eigenvalue weighted by Crippen LogP contribution is 2.14. The van der Waals surface area contributed by atoms with Crippen molar-refractivity contribution in [3.05, 3.63) is 24.3 Å². The van der Waals surface area contributed by atoms with Crippen molar-refractivity contribution in [3.63, 3.8) is 0 Å². The summed E-state index contributed by atoms with van der Waals surface area (Å²) >= 11 is 0. The third-order valence-corrected chi connectivity index (χ3v) is 1.19. The molecule has 0 atom stereocenters. The third kappa shape index (κ3) is 3.44. The van der Waals surface area contributed by atoms with E-state index in [4.69, 9.17) is 0 Å². The first kappa shape index (κ1) is 11.0. The van der Waals surface area contributed by atoms with Gasteiger partial charge in [0, 0.05) is 12.4 Å². The molecule has 0 fully saturated rings. The van der Waals surface area contributed by atoms with E-state index in [0.717, 1.165) is 0 Å². The second-order valence-electron chi connectivity index (χ2n) is 2.65. The molecule has 0 aliphatic heterocycles. The van der Waals surface area contributed by atoms with Crippen LogP contribution < -0.4 is 0 Å². The van der Waals surface area contributed by atoms with Gasteiger partial charge in [0.2, 0.25) is 0 Å². The minimum absolute atomic E-state index is 0.593. The quantitative estimate of drug-likeness (QED) is 0.694. The maximum atomic E-state index is 9.39. The predicted molar refractivity (Wildman–Crippen MR) is 48.6 cm³/mol. The Bertz CT molecular complexity index is 204. The molecule has 0 unspecified atom stereocenters. The lowest BCUT2D eigenvalue weighted by Crippen LogP contribution is -2.17. The van der Waals surface area contributed by atoms with Gasteiger partial charge in [0.05, 0.1) is 11.9 Å². The Balaban J connectivity index is 0.000000561. The summed E-state index contributed by atoms with van der Waals surface area (Å²) in [5, 5.41) is 9.39. The molecule has 0 amide bonds. The molecule has 0 spiro atoms. The number of rotatable bonds is 1. The molecule has 12 heavy (non-hydrogen) atoms. The molecule has 0 aliphatic rings. The molecule has 0 radical (unpaired) electrons. The third-order valence-electron chi connectivity index (χ3n) is 1.19.